The number of aromatic amines is 2. The molecule has 0 radical (unpaired) electrons. The Morgan fingerprint density at radius 3 is 2.67 bits per heavy atom. The zero-order valence-corrected chi connectivity index (χ0v) is 14.1. The summed E-state index contributed by atoms with van der Waals surface area (Å²) >= 11 is 0. The van der Waals surface area contributed by atoms with Gasteiger partial charge in [-0.2, -0.15) is 0 Å². The van der Waals surface area contributed by atoms with E-state index in [1.54, 1.807) is 6.21 Å². The van der Waals surface area contributed by atoms with Crippen LogP contribution in [0, 0.1) is 0 Å². The molecular formula is C20H15N3O4. The number of allylic oxidation sites excluding steroid dienone is 1. The van der Waals surface area contributed by atoms with Crippen LogP contribution in [0.1, 0.15) is 16.7 Å². The Morgan fingerprint density at radius 2 is 1.89 bits per heavy atom. The number of fused-ring (bicyclic) bond motifs is 1. The van der Waals surface area contributed by atoms with Gasteiger partial charge in [-0.15, -0.1) is 0 Å². The maximum atomic E-state index is 11.9. The summed E-state index contributed by atoms with van der Waals surface area (Å²) in [5.41, 5.74) is 1.69. The lowest BCUT2D eigenvalue weighted by Gasteiger charge is -2.08. The highest BCUT2D eigenvalue weighted by molar-refractivity contribution is 6.21. The van der Waals surface area contributed by atoms with E-state index < -0.39 is 17.1 Å². The standard InChI is InChI=1S/C20H15N3O4/c24-18-16(19(25)23-20(26)22-18)8-13-10-21-17-7-6-14(9-15(13)17)27-11-12-4-2-1-3-5-12/h1-10H,11H2,(H3,22,23,24,25,26)/b13-8+. The highest BCUT2D eigenvalue weighted by Crippen LogP contribution is 2.35. The van der Waals surface area contributed by atoms with Crippen molar-refractivity contribution in [3.05, 3.63) is 86.1 Å². The van der Waals surface area contributed by atoms with Crippen molar-refractivity contribution < 1.29 is 9.84 Å². The number of H-pyrrole nitrogens is 2. The molecule has 2 heterocycles. The van der Waals surface area contributed by atoms with Crippen molar-refractivity contribution in [1.29, 1.82) is 0 Å². The third-order valence-electron chi connectivity index (χ3n) is 4.13. The topological polar surface area (TPSA) is 108 Å². The van der Waals surface area contributed by atoms with Crippen LogP contribution in [-0.2, 0) is 6.61 Å². The quantitative estimate of drug-likeness (QED) is 0.664. The molecule has 0 saturated carbocycles. The molecule has 0 bridgehead atoms. The van der Waals surface area contributed by atoms with Crippen LogP contribution < -0.4 is 16.0 Å². The molecule has 1 aliphatic heterocycles. The molecule has 0 aliphatic carbocycles. The lowest BCUT2D eigenvalue weighted by atomic mass is 10.0. The fraction of sp³-hybridized carbons (Fsp3) is 0.0500. The van der Waals surface area contributed by atoms with Crippen LogP contribution in [0.2, 0.25) is 0 Å². The van der Waals surface area contributed by atoms with Gasteiger partial charge in [0.05, 0.1) is 5.69 Å². The number of hydrogen-bond donors (Lipinski definition) is 3. The maximum Gasteiger partial charge on any atom is 0.328 e. The smallest absolute Gasteiger partial charge is 0.328 e. The second kappa shape index (κ2) is 6.80. The highest BCUT2D eigenvalue weighted by Gasteiger charge is 2.16. The third-order valence-corrected chi connectivity index (χ3v) is 4.13. The first kappa shape index (κ1) is 16.6. The molecule has 2 aromatic carbocycles. The zero-order chi connectivity index (χ0) is 18.8. The number of nitrogens with one attached hydrogen (secondary N) is 2. The number of aliphatic imine (C=N–C) groups is 1. The minimum absolute atomic E-state index is 0.0421. The Morgan fingerprint density at radius 1 is 1.07 bits per heavy atom. The van der Waals surface area contributed by atoms with Crippen LogP contribution in [0.3, 0.4) is 0 Å². The number of aromatic hydroxyl groups is 1. The molecule has 7 nitrogen and oxygen atoms in total. The number of benzene rings is 2. The van der Waals surface area contributed by atoms with E-state index in [2.05, 4.69) is 15.0 Å². The van der Waals surface area contributed by atoms with E-state index in [0.717, 1.165) is 16.8 Å². The molecule has 134 valence electrons. The van der Waals surface area contributed by atoms with Crippen molar-refractivity contribution in [1.82, 2.24) is 9.97 Å². The molecule has 1 aliphatic rings. The predicted octanol–water partition coefficient (Wildman–Crippen LogP) is 2.60. The SMILES string of the molecule is O=c1[nH]c(O)c(/C=C2\C=Nc3ccc(OCc4ccccc4)cc32)c(=O)[nH]1. The van der Waals surface area contributed by atoms with Gasteiger partial charge < -0.3 is 9.84 Å². The molecule has 0 saturated heterocycles. The van der Waals surface area contributed by atoms with Gasteiger partial charge in [0, 0.05) is 17.4 Å². The summed E-state index contributed by atoms with van der Waals surface area (Å²) in [5.74, 6) is 0.170. The summed E-state index contributed by atoms with van der Waals surface area (Å²) in [6.45, 7) is 0.430. The fourth-order valence-electron chi connectivity index (χ4n) is 2.79. The average molecular weight is 361 g/mol. The number of nitrogens with zero attached hydrogens (tertiary/aromatic N) is 1. The lowest BCUT2D eigenvalue weighted by molar-refractivity contribution is 0.306. The first-order valence-electron chi connectivity index (χ1n) is 8.22. The van der Waals surface area contributed by atoms with Crippen LogP contribution in [0.5, 0.6) is 11.6 Å². The summed E-state index contributed by atoms with van der Waals surface area (Å²) in [6, 6.07) is 15.3. The molecule has 1 aromatic heterocycles. The van der Waals surface area contributed by atoms with Gasteiger partial charge in [0.2, 0.25) is 5.88 Å². The summed E-state index contributed by atoms with van der Waals surface area (Å²) in [7, 11) is 0. The zero-order valence-electron chi connectivity index (χ0n) is 14.1. The third kappa shape index (κ3) is 3.43. The normalized spacial score (nSPS) is 13.7. The average Bonchev–Trinajstić information content (AvgIpc) is 3.06. The summed E-state index contributed by atoms with van der Waals surface area (Å²) in [5, 5.41) is 9.86. The molecule has 0 unspecified atom stereocenters. The maximum absolute atomic E-state index is 11.9. The first-order valence-corrected chi connectivity index (χ1v) is 8.22. The van der Waals surface area contributed by atoms with E-state index in [9.17, 15) is 14.7 Å². The van der Waals surface area contributed by atoms with Crippen molar-refractivity contribution in [3.63, 3.8) is 0 Å². The Hall–Kier alpha value is -3.87. The van der Waals surface area contributed by atoms with Crippen molar-refractivity contribution in [2.75, 3.05) is 0 Å². The van der Waals surface area contributed by atoms with Crippen LogP contribution in [0.4, 0.5) is 5.69 Å². The Balaban J connectivity index is 1.64. The lowest BCUT2D eigenvalue weighted by Crippen LogP contribution is -2.23. The van der Waals surface area contributed by atoms with Gasteiger partial charge in [0.1, 0.15) is 17.9 Å². The van der Waals surface area contributed by atoms with Crippen molar-refractivity contribution in [3.8, 4) is 11.6 Å². The summed E-state index contributed by atoms with van der Waals surface area (Å²) in [4.78, 5) is 31.7. The molecule has 0 spiro atoms. The molecule has 4 rings (SSSR count). The summed E-state index contributed by atoms with van der Waals surface area (Å²) < 4.78 is 5.83. The minimum Gasteiger partial charge on any atom is -0.494 e. The van der Waals surface area contributed by atoms with E-state index in [4.69, 9.17) is 4.74 Å². The van der Waals surface area contributed by atoms with E-state index >= 15 is 0 Å². The molecule has 27 heavy (non-hydrogen) atoms. The number of ether oxygens (including phenoxy) is 1. The van der Waals surface area contributed by atoms with Crippen molar-refractivity contribution in [2.24, 2.45) is 4.99 Å². The van der Waals surface area contributed by atoms with Gasteiger partial charge in [-0.1, -0.05) is 30.3 Å². The predicted molar refractivity (Wildman–Crippen MR) is 103 cm³/mol. The van der Waals surface area contributed by atoms with Crippen LogP contribution in [0.25, 0.3) is 11.6 Å². The van der Waals surface area contributed by atoms with Gasteiger partial charge in [-0.3, -0.25) is 19.8 Å². The summed E-state index contributed by atoms with van der Waals surface area (Å²) in [6.07, 6.45) is 3.07. The Bertz CT molecular complexity index is 1170. The number of hydrogen-bond acceptors (Lipinski definition) is 5. The molecule has 0 fully saturated rings. The molecule has 3 N–H and O–H groups in total. The first-order chi connectivity index (χ1) is 13.1. The fourth-order valence-corrected chi connectivity index (χ4v) is 2.79. The van der Waals surface area contributed by atoms with E-state index in [0.29, 0.717) is 17.9 Å². The van der Waals surface area contributed by atoms with Gasteiger partial charge in [-0.05, 0) is 29.8 Å². The second-order valence-corrected chi connectivity index (χ2v) is 5.98. The highest BCUT2D eigenvalue weighted by atomic mass is 16.5. The van der Waals surface area contributed by atoms with E-state index in [-0.39, 0.29) is 5.56 Å². The van der Waals surface area contributed by atoms with Gasteiger partial charge in [0.25, 0.3) is 5.56 Å². The van der Waals surface area contributed by atoms with Crippen molar-refractivity contribution in [2.45, 2.75) is 6.61 Å². The minimum atomic E-state index is -0.767. The molecule has 0 amide bonds. The number of rotatable bonds is 4. The molecular weight excluding hydrogens is 346 g/mol. The van der Waals surface area contributed by atoms with Crippen LogP contribution in [0.15, 0.2) is 63.1 Å². The number of aromatic nitrogens is 2. The molecule has 7 heteroatoms. The van der Waals surface area contributed by atoms with Crippen molar-refractivity contribution >= 4 is 23.6 Å². The van der Waals surface area contributed by atoms with Crippen LogP contribution in [-0.4, -0.2) is 21.3 Å². The Kier molecular flexibility index (Phi) is 4.18. The largest absolute Gasteiger partial charge is 0.494 e. The Labute approximate surface area is 153 Å². The monoisotopic (exact) mass is 361 g/mol. The van der Waals surface area contributed by atoms with E-state index in [1.807, 2.05) is 48.5 Å². The van der Waals surface area contributed by atoms with Gasteiger partial charge in [0.15, 0.2) is 0 Å². The molecule has 0 atom stereocenters. The van der Waals surface area contributed by atoms with E-state index in [1.165, 1.54) is 6.08 Å². The van der Waals surface area contributed by atoms with Crippen LogP contribution >= 0.6 is 0 Å². The molecule has 3 aromatic rings. The second-order valence-electron chi connectivity index (χ2n) is 5.98. The van der Waals surface area contributed by atoms with Gasteiger partial charge >= 0.3 is 5.69 Å². The van der Waals surface area contributed by atoms with Gasteiger partial charge in [-0.25, -0.2) is 4.79 Å².